The molecular formula is C12H16N2O2. The number of hydrogen-bond acceptors (Lipinski definition) is 4. The Balaban J connectivity index is 2.28. The van der Waals surface area contributed by atoms with Crippen LogP contribution in [0.1, 0.15) is 20.8 Å². The predicted molar refractivity (Wildman–Crippen MR) is 63.4 cm³/mol. The van der Waals surface area contributed by atoms with E-state index in [1.807, 2.05) is 38.1 Å². The third kappa shape index (κ3) is 2.02. The van der Waals surface area contributed by atoms with Gasteiger partial charge in [-0.3, -0.25) is 0 Å². The normalized spacial score (nSPS) is 14.0. The maximum atomic E-state index is 9.58. The monoisotopic (exact) mass is 220 g/mol. The third-order valence-electron chi connectivity index (χ3n) is 2.77. The Labute approximate surface area is 94.3 Å². The Bertz CT molecular complexity index is 455. The van der Waals surface area contributed by atoms with E-state index in [-0.39, 0.29) is 0 Å². The van der Waals surface area contributed by atoms with Crippen molar-refractivity contribution in [3.8, 4) is 0 Å². The lowest BCUT2D eigenvalue weighted by molar-refractivity contribution is 0.131. The van der Waals surface area contributed by atoms with Crippen molar-refractivity contribution in [2.24, 2.45) is 0 Å². The van der Waals surface area contributed by atoms with E-state index in [0.717, 1.165) is 11.1 Å². The predicted octanol–water partition coefficient (Wildman–Crippen LogP) is 2.40. The molecule has 0 fully saturated rings. The first-order valence-corrected chi connectivity index (χ1v) is 5.31. The zero-order valence-corrected chi connectivity index (χ0v) is 9.69. The Kier molecular flexibility index (Phi) is 2.59. The van der Waals surface area contributed by atoms with Gasteiger partial charge >= 0.3 is 0 Å². The molecule has 0 aliphatic carbocycles. The molecule has 1 atom stereocenters. The Morgan fingerprint density at radius 2 is 2.06 bits per heavy atom. The molecule has 16 heavy (non-hydrogen) atoms. The van der Waals surface area contributed by atoms with Crippen LogP contribution >= 0.6 is 0 Å². The van der Waals surface area contributed by atoms with Gasteiger partial charge in [0.25, 0.3) is 6.01 Å². The van der Waals surface area contributed by atoms with E-state index in [0.29, 0.717) is 6.01 Å². The Morgan fingerprint density at radius 1 is 1.38 bits per heavy atom. The van der Waals surface area contributed by atoms with Crippen molar-refractivity contribution in [1.29, 1.82) is 0 Å². The van der Waals surface area contributed by atoms with Gasteiger partial charge in [0.15, 0.2) is 5.58 Å². The summed E-state index contributed by atoms with van der Waals surface area (Å²) < 4.78 is 5.52. The second-order valence-electron chi connectivity index (χ2n) is 4.51. The summed E-state index contributed by atoms with van der Waals surface area (Å²) in [6.45, 7) is 5.52. The van der Waals surface area contributed by atoms with Crippen LogP contribution in [0.2, 0.25) is 0 Å². The minimum absolute atomic E-state index is 0.437. The van der Waals surface area contributed by atoms with Crippen molar-refractivity contribution in [1.82, 2.24) is 4.98 Å². The van der Waals surface area contributed by atoms with Crippen LogP contribution in [0.4, 0.5) is 6.01 Å². The molecule has 1 heterocycles. The molecule has 2 rings (SSSR count). The summed E-state index contributed by atoms with van der Waals surface area (Å²) in [4.78, 5) is 4.29. The number of oxazole rings is 1. The van der Waals surface area contributed by atoms with Gasteiger partial charge in [-0.2, -0.15) is 4.98 Å². The van der Waals surface area contributed by atoms with Gasteiger partial charge in [0, 0.05) is 0 Å². The second kappa shape index (κ2) is 3.79. The van der Waals surface area contributed by atoms with E-state index in [1.165, 1.54) is 0 Å². The van der Waals surface area contributed by atoms with E-state index >= 15 is 0 Å². The highest BCUT2D eigenvalue weighted by atomic mass is 16.4. The number of fused-ring (bicyclic) bond motifs is 1. The first-order chi connectivity index (χ1) is 7.49. The SMILES string of the molecule is CC(O)C(C)(C)Nc1nc2ccccc2o1. The maximum absolute atomic E-state index is 9.58. The number of benzene rings is 1. The Hall–Kier alpha value is -1.55. The zero-order chi connectivity index (χ0) is 11.8. The van der Waals surface area contributed by atoms with Crippen molar-refractivity contribution in [2.45, 2.75) is 32.4 Å². The lowest BCUT2D eigenvalue weighted by atomic mass is 9.99. The molecule has 2 N–H and O–H groups in total. The van der Waals surface area contributed by atoms with E-state index in [1.54, 1.807) is 6.92 Å². The molecule has 1 unspecified atom stereocenters. The lowest BCUT2D eigenvalue weighted by Crippen LogP contribution is -2.41. The zero-order valence-electron chi connectivity index (χ0n) is 9.69. The fourth-order valence-electron chi connectivity index (χ4n) is 1.31. The highest BCUT2D eigenvalue weighted by Gasteiger charge is 2.25. The van der Waals surface area contributed by atoms with Crippen LogP contribution in [-0.4, -0.2) is 21.7 Å². The summed E-state index contributed by atoms with van der Waals surface area (Å²) in [5, 5.41) is 12.7. The van der Waals surface area contributed by atoms with Crippen LogP contribution in [0.5, 0.6) is 0 Å². The van der Waals surface area contributed by atoms with Crippen molar-refractivity contribution in [3.05, 3.63) is 24.3 Å². The largest absolute Gasteiger partial charge is 0.424 e. The molecule has 1 aromatic carbocycles. The van der Waals surface area contributed by atoms with Gasteiger partial charge in [-0.05, 0) is 32.9 Å². The first kappa shape index (κ1) is 11.0. The van der Waals surface area contributed by atoms with Crippen molar-refractivity contribution in [3.63, 3.8) is 0 Å². The minimum atomic E-state index is -0.498. The summed E-state index contributed by atoms with van der Waals surface area (Å²) in [5.41, 5.74) is 1.08. The minimum Gasteiger partial charge on any atom is -0.424 e. The summed E-state index contributed by atoms with van der Waals surface area (Å²) in [5.74, 6) is 0. The molecule has 0 radical (unpaired) electrons. The van der Waals surface area contributed by atoms with Gasteiger partial charge in [0.1, 0.15) is 5.52 Å². The number of nitrogens with one attached hydrogen (secondary N) is 1. The molecule has 86 valence electrons. The standard InChI is InChI=1S/C12H16N2O2/c1-8(15)12(2,3)14-11-13-9-6-4-5-7-10(9)16-11/h4-8,15H,1-3H3,(H,13,14). The van der Waals surface area contributed by atoms with E-state index < -0.39 is 11.6 Å². The van der Waals surface area contributed by atoms with Crippen LogP contribution in [-0.2, 0) is 0 Å². The fraction of sp³-hybridized carbons (Fsp3) is 0.417. The number of aliphatic hydroxyl groups excluding tert-OH is 1. The van der Waals surface area contributed by atoms with Crippen LogP contribution in [0.15, 0.2) is 28.7 Å². The van der Waals surface area contributed by atoms with E-state index in [2.05, 4.69) is 10.3 Å². The summed E-state index contributed by atoms with van der Waals surface area (Å²) in [6.07, 6.45) is -0.498. The molecular weight excluding hydrogens is 204 g/mol. The van der Waals surface area contributed by atoms with Gasteiger partial charge in [-0.1, -0.05) is 12.1 Å². The number of aliphatic hydroxyl groups is 1. The lowest BCUT2D eigenvalue weighted by Gasteiger charge is -2.28. The number of para-hydroxylation sites is 2. The quantitative estimate of drug-likeness (QED) is 0.833. The molecule has 0 amide bonds. The van der Waals surface area contributed by atoms with Crippen LogP contribution < -0.4 is 5.32 Å². The van der Waals surface area contributed by atoms with Crippen LogP contribution in [0.3, 0.4) is 0 Å². The third-order valence-corrected chi connectivity index (χ3v) is 2.77. The molecule has 2 aromatic rings. The number of hydrogen-bond donors (Lipinski definition) is 2. The van der Waals surface area contributed by atoms with Crippen molar-refractivity contribution < 1.29 is 9.52 Å². The highest BCUT2D eigenvalue weighted by molar-refractivity contribution is 5.74. The molecule has 0 saturated heterocycles. The molecule has 0 aliphatic rings. The highest BCUT2D eigenvalue weighted by Crippen LogP contribution is 2.22. The topological polar surface area (TPSA) is 58.3 Å². The van der Waals surface area contributed by atoms with Crippen molar-refractivity contribution in [2.75, 3.05) is 5.32 Å². The maximum Gasteiger partial charge on any atom is 0.296 e. The number of aromatic nitrogens is 1. The number of anilines is 1. The first-order valence-electron chi connectivity index (χ1n) is 5.31. The molecule has 1 aromatic heterocycles. The average molecular weight is 220 g/mol. The van der Waals surface area contributed by atoms with E-state index in [4.69, 9.17) is 4.42 Å². The summed E-state index contributed by atoms with van der Waals surface area (Å²) >= 11 is 0. The smallest absolute Gasteiger partial charge is 0.296 e. The van der Waals surface area contributed by atoms with Crippen molar-refractivity contribution >= 4 is 17.1 Å². The Morgan fingerprint density at radius 3 is 2.69 bits per heavy atom. The molecule has 4 heteroatoms. The van der Waals surface area contributed by atoms with Gasteiger partial charge in [-0.25, -0.2) is 0 Å². The molecule has 0 spiro atoms. The fourth-order valence-corrected chi connectivity index (χ4v) is 1.31. The van der Waals surface area contributed by atoms with Gasteiger partial charge in [0.2, 0.25) is 0 Å². The molecule has 0 bridgehead atoms. The van der Waals surface area contributed by atoms with Crippen LogP contribution in [0.25, 0.3) is 11.1 Å². The average Bonchev–Trinajstić information content (AvgIpc) is 2.58. The number of rotatable bonds is 3. The van der Waals surface area contributed by atoms with Gasteiger partial charge in [-0.15, -0.1) is 0 Å². The summed E-state index contributed by atoms with van der Waals surface area (Å²) in [6, 6.07) is 8.00. The number of nitrogens with zero attached hydrogens (tertiary/aromatic N) is 1. The molecule has 4 nitrogen and oxygen atoms in total. The second-order valence-corrected chi connectivity index (χ2v) is 4.51. The van der Waals surface area contributed by atoms with E-state index in [9.17, 15) is 5.11 Å². The van der Waals surface area contributed by atoms with Gasteiger partial charge in [0.05, 0.1) is 11.6 Å². The van der Waals surface area contributed by atoms with Gasteiger partial charge < -0.3 is 14.8 Å². The molecule has 0 aliphatic heterocycles. The summed E-state index contributed by atoms with van der Waals surface area (Å²) in [7, 11) is 0. The van der Waals surface area contributed by atoms with Crippen LogP contribution in [0, 0.1) is 0 Å². The molecule has 0 saturated carbocycles.